The van der Waals surface area contributed by atoms with E-state index in [2.05, 4.69) is 20.8 Å². The molecule has 0 spiro atoms. The van der Waals surface area contributed by atoms with Crippen molar-refractivity contribution in [1.29, 1.82) is 0 Å². The highest BCUT2D eigenvalue weighted by atomic mass is 16.5. The van der Waals surface area contributed by atoms with Crippen molar-refractivity contribution in [2.75, 3.05) is 7.11 Å². The van der Waals surface area contributed by atoms with Gasteiger partial charge in [0.05, 0.1) is 7.11 Å². The molecule has 1 atom stereocenters. The van der Waals surface area contributed by atoms with Crippen molar-refractivity contribution in [3.05, 3.63) is 59.7 Å². The molecule has 0 aliphatic rings. The van der Waals surface area contributed by atoms with Gasteiger partial charge in [-0.05, 0) is 43.0 Å². The van der Waals surface area contributed by atoms with Gasteiger partial charge in [0.1, 0.15) is 6.61 Å². The molecule has 0 saturated carbocycles. The van der Waals surface area contributed by atoms with Gasteiger partial charge >= 0.3 is 0 Å². The summed E-state index contributed by atoms with van der Waals surface area (Å²) in [5, 5.41) is 0. The van der Waals surface area contributed by atoms with E-state index in [-0.39, 0.29) is 11.9 Å². The van der Waals surface area contributed by atoms with E-state index in [0.29, 0.717) is 31.1 Å². The minimum atomic E-state index is 0.208. The van der Waals surface area contributed by atoms with Crippen molar-refractivity contribution in [3.63, 3.8) is 0 Å². The molecule has 2 rings (SSSR count). The minimum Gasteiger partial charge on any atom is -0.493 e. The highest BCUT2D eigenvalue weighted by Gasteiger charge is 2.19. The topological polar surface area (TPSA) is 38.8 Å². The number of rotatable bonds is 13. The molecule has 0 unspecified atom stereocenters. The van der Waals surface area contributed by atoms with Crippen LogP contribution >= 0.6 is 0 Å². The number of ether oxygens (including phenoxy) is 2. The fourth-order valence-electron chi connectivity index (χ4n) is 3.42. The van der Waals surface area contributed by atoms with Crippen LogP contribution in [0.2, 0.25) is 0 Å². The van der Waals surface area contributed by atoms with Crippen LogP contribution in [0.3, 0.4) is 0 Å². The summed E-state index contributed by atoms with van der Waals surface area (Å²) < 4.78 is 11.5. The Hall–Kier alpha value is -2.49. The lowest BCUT2D eigenvalue weighted by Gasteiger charge is -2.29. The molecule has 4 heteroatoms. The average molecular weight is 412 g/mol. The third-order valence-electron chi connectivity index (χ3n) is 5.51. The minimum absolute atomic E-state index is 0.208. The van der Waals surface area contributed by atoms with Gasteiger partial charge in [-0.3, -0.25) is 4.79 Å². The normalized spacial score (nSPS) is 11.7. The first-order chi connectivity index (χ1) is 14.6. The second kappa shape index (κ2) is 12.9. The van der Waals surface area contributed by atoms with Gasteiger partial charge in [0, 0.05) is 19.0 Å². The Kier molecular flexibility index (Phi) is 10.3. The number of unbranched alkanes of at least 4 members (excludes halogenated alkanes) is 3. The predicted octanol–water partition coefficient (Wildman–Crippen LogP) is 6.37. The maximum Gasteiger partial charge on any atom is 0.223 e. The zero-order valence-electron chi connectivity index (χ0n) is 19.0. The van der Waals surface area contributed by atoms with E-state index in [4.69, 9.17) is 9.47 Å². The Bertz CT molecular complexity index is 760. The fourth-order valence-corrected chi connectivity index (χ4v) is 3.42. The van der Waals surface area contributed by atoms with Gasteiger partial charge in [-0.1, -0.05) is 69.5 Å². The molecule has 0 saturated heterocycles. The Labute approximate surface area is 182 Å². The molecule has 0 aliphatic carbocycles. The van der Waals surface area contributed by atoms with E-state index in [0.717, 1.165) is 30.4 Å². The molecule has 0 heterocycles. The molecule has 0 N–H and O–H groups in total. The van der Waals surface area contributed by atoms with Gasteiger partial charge in [0.15, 0.2) is 11.5 Å². The quantitative estimate of drug-likeness (QED) is 0.359. The molecule has 2 aromatic carbocycles. The number of carbonyl (C=O) groups excluding carboxylic acids is 1. The summed E-state index contributed by atoms with van der Waals surface area (Å²) in [6, 6.07) is 16.2. The first-order valence-electron chi connectivity index (χ1n) is 11.2. The summed E-state index contributed by atoms with van der Waals surface area (Å²) in [6.07, 6.45) is 6.02. The third-order valence-corrected chi connectivity index (χ3v) is 5.51. The molecular formula is C26H37NO3. The summed E-state index contributed by atoms with van der Waals surface area (Å²) in [4.78, 5) is 14.9. The molecule has 0 bridgehead atoms. The first-order valence-corrected chi connectivity index (χ1v) is 11.2. The number of methoxy groups -OCH3 is 1. The number of hydrogen-bond donors (Lipinski definition) is 0. The van der Waals surface area contributed by atoms with Crippen LogP contribution in [-0.4, -0.2) is 24.0 Å². The molecular weight excluding hydrogens is 374 g/mol. The number of amides is 1. The molecule has 0 aromatic heterocycles. The predicted molar refractivity (Wildman–Crippen MR) is 123 cm³/mol. The van der Waals surface area contributed by atoms with Crippen molar-refractivity contribution < 1.29 is 14.3 Å². The van der Waals surface area contributed by atoms with Crippen molar-refractivity contribution in [2.24, 2.45) is 0 Å². The lowest BCUT2D eigenvalue weighted by molar-refractivity contribution is -0.134. The molecule has 2 aromatic rings. The van der Waals surface area contributed by atoms with Crippen molar-refractivity contribution in [1.82, 2.24) is 4.90 Å². The van der Waals surface area contributed by atoms with Gasteiger partial charge in [-0.15, -0.1) is 0 Å². The van der Waals surface area contributed by atoms with E-state index >= 15 is 0 Å². The Morgan fingerprint density at radius 1 is 0.967 bits per heavy atom. The highest BCUT2D eigenvalue weighted by molar-refractivity contribution is 5.76. The van der Waals surface area contributed by atoms with Gasteiger partial charge in [0.2, 0.25) is 5.91 Å². The van der Waals surface area contributed by atoms with Gasteiger partial charge in [-0.25, -0.2) is 0 Å². The van der Waals surface area contributed by atoms with E-state index in [9.17, 15) is 4.79 Å². The summed E-state index contributed by atoms with van der Waals surface area (Å²) in [7, 11) is 1.65. The SMILES string of the molecule is CCCCCCC(=O)N(Cc1ccc(OC)c(OCc2ccccc2)c1)[C@H](C)CC. The van der Waals surface area contributed by atoms with Crippen LogP contribution in [0.5, 0.6) is 11.5 Å². The summed E-state index contributed by atoms with van der Waals surface area (Å²) >= 11 is 0. The van der Waals surface area contributed by atoms with Crippen LogP contribution in [0.1, 0.15) is 70.4 Å². The maximum absolute atomic E-state index is 12.9. The lowest BCUT2D eigenvalue weighted by Crippen LogP contribution is -2.37. The average Bonchev–Trinajstić information content (AvgIpc) is 2.79. The van der Waals surface area contributed by atoms with Crippen LogP contribution < -0.4 is 9.47 Å². The largest absolute Gasteiger partial charge is 0.493 e. The molecule has 0 fully saturated rings. The van der Waals surface area contributed by atoms with Crippen molar-refractivity contribution in [2.45, 2.75) is 78.5 Å². The molecule has 0 aliphatic heterocycles. The lowest BCUT2D eigenvalue weighted by atomic mass is 10.1. The summed E-state index contributed by atoms with van der Waals surface area (Å²) in [5.74, 6) is 1.65. The molecule has 164 valence electrons. The van der Waals surface area contributed by atoms with Crippen LogP contribution in [0, 0.1) is 0 Å². The first kappa shape index (κ1) is 23.8. The fraction of sp³-hybridized carbons (Fsp3) is 0.500. The molecule has 0 radical (unpaired) electrons. The van der Waals surface area contributed by atoms with Crippen molar-refractivity contribution >= 4 is 5.91 Å². The Morgan fingerprint density at radius 3 is 2.40 bits per heavy atom. The van der Waals surface area contributed by atoms with Gasteiger partial charge in [0.25, 0.3) is 0 Å². The van der Waals surface area contributed by atoms with Gasteiger partial charge in [-0.2, -0.15) is 0 Å². The van der Waals surface area contributed by atoms with Crippen LogP contribution in [0.15, 0.2) is 48.5 Å². The Morgan fingerprint density at radius 2 is 1.73 bits per heavy atom. The third kappa shape index (κ3) is 7.40. The van der Waals surface area contributed by atoms with Crippen LogP contribution in [0.25, 0.3) is 0 Å². The zero-order valence-corrected chi connectivity index (χ0v) is 19.0. The smallest absolute Gasteiger partial charge is 0.223 e. The second-order valence-corrected chi connectivity index (χ2v) is 7.85. The van der Waals surface area contributed by atoms with Crippen LogP contribution in [0.4, 0.5) is 0 Å². The van der Waals surface area contributed by atoms with E-state index < -0.39 is 0 Å². The molecule has 30 heavy (non-hydrogen) atoms. The number of carbonyl (C=O) groups is 1. The second-order valence-electron chi connectivity index (χ2n) is 7.85. The van der Waals surface area contributed by atoms with E-state index in [1.54, 1.807) is 7.11 Å². The monoisotopic (exact) mass is 411 g/mol. The van der Waals surface area contributed by atoms with E-state index in [1.807, 2.05) is 53.4 Å². The maximum atomic E-state index is 12.9. The van der Waals surface area contributed by atoms with Gasteiger partial charge < -0.3 is 14.4 Å². The van der Waals surface area contributed by atoms with Crippen LogP contribution in [-0.2, 0) is 17.9 Å². The number of benzene rings is 2. The van der Waals surface area contributed by atoms with Crippen molar-refractivity contribution in [3.8, 4) is 11.5 Å². The zero-order chi connectivity index (χ0) is 21.8. The standard InChI is InChI=1S/C26H37NO3/c1-5-7-8-12-15-26(28)27(21(3)6-2)19-23-16-17-24(29-4)25(18-23)30-20-22-13-10-9-11-14-22/h9-11,13-14,16-18,21H,5-8,12,15,19-20H2,1-4H3/t21-/m1/s1. The summed E-state index contributed by atoms with van der Waals surface area (Å²) in [6.45, 7) is 7.51. The van der Waals surface area contributed by atoms with E-state index in [1.165, 1.54) is 12.8 Å². The molecule has 1 amide bonds. The number of nitrogens with zero attached hydrogens (tertiary/aromatic N) is 1. The highest BCUT2D eigenvalue weighted by Crippen LogP contribution is 2.30. The molecule has 4 nitrogen and oxygen atoms in total. The summed E-state index contributed by atoms with van der Waals surface area (Å²) in [5.41, 5.74) is 2.16. The number of hydrogen-bond acceptors (Lipinski definition) is 3. The Balaban J connectivity index is 2.09.